The van der Waals surface area contributed by atoms with Crippen LogP contribution >= 0.6 is 31.9 Å². The second kappa shape index (κ2) is 14.6. The van der Waals surface area contributed by atoms with Gasteiger partial charge >= 0.3 is 12.1 Å². The van der Waals surface area contributed by atoms with Crippen LogP contribution in [0, 0.1) is 5.92 Å². The van der Waals surface area contributed by atoms with Crippen LogP contribution in [0.1, 0.15) is 36.8 Å². The number of hydrogen-bond acceptors (Lipinski definition) is 5. The highest BCUT2D eigenvalue weighted by Gasteiger charge is 2.44. The number of piperazine rings is 1. The van der Waals surface area contributed by atoms with Crippen LogP contribution in [0.15, 0.2) is 51.4 Å². The Morgan fingerprint density at radius 1 is 0.913 bits per heavy atom. The van der Waals surface area contributed by atoms with Gasteiger partial charge in [0, 0.05) is 85.1 Å². The maximum absolute atomic E-state index is 14.6. The Hall–Kier alpha value is -2.67. The van der Waals surface area contributed by atoms with Crippen LogP contribution < -0.4 is 5.32 Å². The number of urea groups is 1. The van der Waals surface area contributed by atoms with E-state index in [1.165, 1.54) is 4.90 Å². The molecular formula is C34H44Br2N6O4. The fraction of sp³-hybridized carbons (Fsp3) is 0.559. The number of anilines is 1. The third-order valence-electron chi connectivity index (χ3n) is 10.4. The van der Waals surface area contributed by atoms with E-state index in [1.807, 2.05) is 52.3 Å². The lowest BCUT2D eigenvalue weighted by molar-refractivity contribution is -0.140. The van der Waals surface area contributed by atoms with Crippen LogP contribution in [0.3, 0.4) is 0 Å². The van der Waals surface area contributed by atoms with Gasteiger partial charge in [-0.05, 0) is 81.0 Å². The lowest BCUT2D eigenvalue weighted by Gasteiger charge is -2.46. The molecular weight excluding hydrogens is 716 g/mol. The highest BCUT2D eigenvalue weighted by Crippen LogP contribution is 2.34. The second-order valence-corrected chi connectivity index (χ2v) is 15.1. The summed E-state index contributed by atoms with van der Waals surface area (Å²) in [7, 11) is 2.16. The van der Waals surface area contributed by atoms with Crippen molar-refractivity contribution in [1.82, 2.24) is 24.5 Å². The molecule has 2 aromatic rings. The smallest absolute Gasteiger partial charge is 0.407 e. The van der Waals surface area contributed by atoms with Crippen molar-refractivity contribution in [2.45, 2.75) is 56.7 Å². The number of carbonyl (C=O) groups is 3. The van der Waals surface area contributed by atoms with Crippen LogP contribution in [0.25, 0.3) is 0 Å². The number of carbonyl (C=O) groups excluding carboxylic acids is 2. The maximum Gasteiger partial charge on any atom is 0.407 e. The second-order valence-electron chi connectivity index (χ2n) is 13.2. The SMILES string of the molecule is CN1CCN(C2CCN(C(=O)C(Cc3cc(Br)cc(Br)c3)[C@H]3CC(N4CCc5ccccc5NC4=O)CCN3C(=O)O)CC2)CC1. The number of rotatable bonds is 6. The van der Waals surface area contributed by atoms with Crippen molar-refractivity contribution < 1.29 is 19.5 Å². The number of benzene rings is 2. The van der Waals surface area contributed by atoms with Gasteiger partial charge in [0.2, 0.25) is 5.91 Å². The van der Waals surface area contributed by atoms with Crippen molar-refractivity contribution in [3.05, 3.63) is 62.5 Å². The van der Waals surface area contributed by atoms with Gasteiger partial charge in [-0.3, -0.25) is 9.69 Å². The van der Waals surface area contributed by atoms with Gasteiger partial charge in [-0.1, -0.05) is 50.1 Å². The first-order chi connectivity index (χ1) is 22.2. The molecule has 6 rings (SSSR count). The van der Waals surface area contributed by atoms with Crippen LogP contribution in [0.2, 0.25) is 0 Å². The monoisotopic (exact) mass is 758 g/mol. The number of carboxylic acid groups (broad SMARTS) is 1. The predicted octanol–water partition coefficient (Wildman–Crippen LogP) is 5.21. The summed E-state index contributed by atoms with van der Waals surface area (Å²) in [5.41, 5.74) is 2.87. The summed E-state index contributed by atoms with van der Waals surface area (Å²) in [6.45, 7) is 6.42. The van der Waals surface area contributed by atoms with Gasteiger partial charge in [0.1, 0.15) is 0 Å². The van der Waals surface area contributed by atoms with Crippen molar-refractivity contribution in [1.29, 1.82) is 0 Å². The molecule has 46 heavy (non-hydrogen) atoms. The summed E-state index contributed by atoms with van der Waals surface area (Å²) in [5.74, 6) is -0.565. The molecule has 10 nitrogen and oxygen atoms in total. The van der Waals surface area contributed by atoms with Crippen molar-refractivity contribution >= 4 is 55.6 Å². The Labute approximate surface area is 288 Å². The molecule has 4 heterocycles. The number of halogens is 2. The first kappa shape index (κ1) is 33.2. The number of piperidine rings is 2. The minimum absolute atomic E-state index is 0.0116. The Kier molecular flexibility index (Phi) is 10.6. The Morgan fingerprint density at radius 2 is 1.59 bits per heavy atom. The molecule has 2 unspecified atom stereocenters. The molecule has 4 aliphatic rings. The number of para-hydroxylation sites is 1. The van der Waals surface area contributed by atoms with Gasteiger partial charge in [-0.25, -0.2) is 9.59 Å². The summed E-state index contributed by atoms with van der Waals surface area (Å²) in [6.07, 6.45) is 2.91. The van der Waals surface area contributed by atoms with E-state index in [4.69, 9.17) is 0 Å². The number of nitrogens with one attached hydrogen (secondary N) is 1. The van der Waals surface area contributed by atoms with Crippen molar-refractivity contribution in [2.75, 3.05) is 64.7 Å². The highest BCUT2D eigenvalue weighted by atomic mass is 79.9. The maximum atomic E-state index is 14.6. The molecule has 0 saturated carbocycles. The molecule has 12 heteroatoms. The van der Waals surface area contributed by atoms with E-state index in [9.17, 15) is 19.5 Å². The number of nitrogens with zero attached hydrogens (tertiary/aromatic N) is 5. The molecule has 0 spiro atoms. The van der Waals surface area contributed by atoms with Crippen molar-refractivity contribution in [3.8, 4) is 0 Å². The van der Waals surface area contributed by atoms with Gasteiger partial charge in [0.15, 0.2) is 0 Å². The van der Waals surface area contributed by atoms with Crippen LogP contribution in [0.5, 0.6) is 0 Å². The number of likely N-dealkylation sites (tertiary alicyclic amines) is 2. The van der Waals surface area contributed by atoms with Crippen molar-refractivity contribution in [2.24, 2.45) is 5.92 Å². The molecule has 2 N–H and O–H groups in total. The van der Waals surface area contributed by atoms with Crippen molar-refractivity contribution in [3.63, 3.8) is 0 Å². The lowest BCUT2D eigenvalue weighted by atomic mass is 9.82. The summed E-state index contributed by atoms with van der Waals surface area (Å²) >= 11 is 7.19. The molecule has 3 atom stereocenters. The summed E-state index contributed by atoms with van der Waals surface area (Å²) in [4.78, 5) is 51.0. The molecule has 248 valence electrons. The molecule has 4 amide bonds. The predicted molar refractivity (Wildman–Crippen MR) is 185 cm³/mol. The zero-order chi connectivity index (χ0) is 32.4. The summed E-state index contributed by atoms with van der Waals surface area (Å²) in [6, 6.07) is 13.4. The quantitative estimate of drug-likeness (QED) is 0.420. The Morgan fingerprint density at radius 3 is 2.28 bits per heavy atom. The van der Waals surface area contributed by atoms with E-state index in [0.29, 0.717) is 44.9 Å². The zero-order valence-electron chi connectivity index (χ0n) is 26.4. The van der Waals surface area contributed by atoms with Crippen LogP contribution in [-0.4, -0.2) is 125 Å². The normalized spacial score (nSPS) is 24.2. The lowest BCUT2D eigenvalue weighted by Crippen LogP contribution is -2.59. The van der Waals surface area contributed by atoms with Gasteiger partial charge in [0.05, 0.1) is 5.92 Å². The Balaban J connectivity index is 1.24. The number of amides is 4. The van der Waals surface area contributed by atoms with Gasteiger partial charge in [-0.15, -0.1) is 0 Å². The van der Waals surface area contributed by atoms with E-state index in [-0.39, 0.29) is 24.5 Å². The number of hydrogen-bond donors (Lipinski definition) is 2. The molecule has 3 fully saturated rings. The largest absolute Gasteiger partial charge is 0.465 e. The minimum Gasteiger partial charge on any atom is -0.465 e. The van der Waals surface area contributed by atoms with E-state index in [1.54, 1.807) is 0 Å². The molecule has 4 aliphatic heterocycles. The molecule has 0 aliphatic carbocycles. The summed E-state index contributed by atoms with van der Waals surface area (Å²) < 4.78 is 1.79. The topological polar surface area (TPSA) is 99.7 Å². The van der Waals surface area contributed by atoms with E-state index in [2.05, 4.69) is 54.0 Å². The standard InChI is InChI=1S/C34H44Br2N6O4/c1-38-14-16-39(17-15-38)27-7-10-40(11-8-27)32(43)29(20-23-18-25(35)21-26(36)19-23)31-22-28(9-13-42(31)34(45)46)41-12-6-24-4-2-3-5-30(24)37-33(41)44/h2-5,18-19,21,27-29,31H,6-17,20,22H2,1H3,(H,37,44)(H,45,46)/t28?,29?,31-/m1/s1. The molecule has 0 bridgehead atoms. The zero-order valence-corrected chi connectivity index (χ0v) is 29.6. The fourth-order valence-electron chi connectivity index (χ4n) is 7.86. The highest BCUT2D eigenvalue weighted by molar-refractivity contribution is 9.11. The average Bonchev–Trinajstić information content (AvgIpc) is 3.21. The van der Waals surface area contributed by atoms with E-state index < -0.39 is 18.1 Å². The summed E-state index contributed by atoms with van der Waals surface area (Å²) in [5, 5.41) is 13.5. The van der Waals surface area contributed by atoms with Crippen LogP contribution in [-0.2, 0) is 17.6 Å². The van der Waals surface area contributed by atoms with Gasteiger partial charge in [0.25, 0.3) is 0 Å². The molecule has 0 radical (unpaired) electrons. The fourth-order valence-corrected chi connectivity index (χ4v) is 9.25. The minimum atomic E-state index is -1.02. The van der Waals surface area contributed by atoms with Gasteiger partial charge < -0.3 is 30.0 Å². The average molecular weight is 761 g/mol. The van der Waals surface area contributed by atoms with Crippen LogP contribution in [0.4, 0.5) is 15.3 Å². The molecule has 0 aromatic heterocycles. The number of fused-ring (bicyclic) bond motifs is 1. The van der Waals surface area contributed by atoms with E-state index >= 15 is 0 Å². The Bertz CT molecular complexity index is 1410. The van der Waals surface area contributed by atoms with Gasteiger partial charge in [-0.2, -0.15) is 0 Å². The number of likely N-dealkylation sites (N-methyl/N-ethyl adjacent to an activating group) is 1. The molecule has 3 saturated heterocycles. The first-order valence-corrected chi connectivity index (χ1v) is 18.1. The first-order valence-electron chi connectivity index (χ1n) is 16.5. The third kappa shape index (κ3) is 7.55. The third-order valence-corrected chi connectivity index (χ3v) is 11.4. The van der Waals surface area contributed by atoms with E-state index in [0.717, 1.165) is 71.2 Å². The molecule has 2 aromatic carbocycles.